The van der Waals surface area contributed by atoms with Gasteiger partial charge in [0.2, 0.25) is 0 Å². The van der Waals surface area contributed by atoms with E-state index in [-0.39, 0.29) is 5.69 Å². The number of nitrogens with zero attached hydrogens (tertiary/aromatic N) is 3. The standard InChI is InChI=1S/C10H12FN3O/c1-7-4-8(11)5-12-9(7)10(15)13-6-14(2)3/h4-6H,1-3H3/b13-6+. The molecular weight excluding hydrogens is 197 g/mol. The Morgan fingerprint density at radius 3 is 2.80 bits per heavy atom. The molecule has 0 aliphatic carbocycles. The van der Waals surface area contributed by atoms with Crippen molar-refractivity contribution < 1.29 is 9.18 Å². The molecular formula is C10H12FN3O. The van der Waals surface area contributed by atoms with Crippen LogP contribution in [0.25, 0.3) is 0 Å². The molecule has 0 aliphatic rings. The van der Waals surface area contributed by atoms with E-state index in [0.717, 1.165) is 6.20 Å². The number of aryl methyl sites for hydroxylation is 1. The lowest BCUT2D eigenvalue weighted by Crippen LogP contribution is -2.11. The number of hydrogen-bond donors (Lipinski definition) is 0. The third-order valence-corrected chi connectivity index (χ3v) is 1.65. The summed E-state index contributed by atoms with van der Waals surface area (Å²) in [5, 5.41) is 0. The largest absolute Gasteiger partial charge is 0.369 e. The smallest absolute Gasteiger partial charge is 0.297 e. The molecule has 1 rings (SSSR count). The normalized spacial score (nSPS) is 10.7. The van der Waals surface area contributed by atoms with Crippen molar-refractivity contribution in [1.82, 2.24) is 9.88 Å². The van der Waals surface area contributed by atoms with Crippen LogP contribution in [0, 0.1) is 12.7 Å². The molecule has 0 fully saturated rings. The maximum Gasteiger partial charge on any atom is 0.297 e. The van der Waals surface area contributed by atoms with Crippen molar-refractivity contribution in [3.05, 3.63) is 29.3 Å². The van der Waals surface area contributed by atoms with Gasteiger partial charge in [0.05, 0.1) is 12.5 Å². The Hall–Kier alpha value is -1.78. The monoisotopic (exact) mass is 209 g/mol. The third-order valence-electron chi connectivity index (χ3n) is 1.65. The SMILES string of the molecule is Cc1cc(F)cnc1C(=O)/N=C/N(C)C. The highest BCUT2D eigenvalue weighted by molar-refractivity contribution is 5.98. The van der Waals surface area contributed by atoms with Crippen molar-refractivity contribution in [3.8, 4) is 0 Å². The van der Waals surface area contributed by atoms with Gasteiger partial charge in [-0.1, -0.05) is 0 Å². The van der Waals surface area contributed by atoms with Gasteiger partial charge in [-0.15, -0.1) is 0 Å². The van der Waals surface area contributed by atoms with Crippen molar-refractivity contribution in [2.24, 2.45) is 4.99 Å². The highest BCUT2D eigenvalue weighted by Gasteiger charge is 2.09. The Bertz CT molecular complexity index is 402. The fourth-order valence-corrected chi connectivity index (χ4v) is 0.993. The maximum atomic E-state index is 12.7. The summed E-state index contributed by atoms with van der Waals surface area (Å²) in [6.07, 6.45) is 2.39. The van der Waals surface area contributed by atoms with Crippen LogP contribution in [0.5, 0.6) is 0 Å². The Balaban J connectivity index is 2.92. The Morgan fingerprint density at radius 2 is 2.27 bits per heavy atom. The quantitative estimate of drug-likeness (QED) is 0.544. The molecule has 1 aromatic rings. The molecule has 0 atom stereocenters. The second-order valence-corrected chi connectivity index (χ2v) is 3.33. The number of rotatable bonds is 2. The fraction of sp³-hybridized carbons (Fsp3) is 0.300. The van der Waals surface area contributed by atoms with Gasteiger partial charge in [-0.25, -0.2) is 9.37 Å². The van der Waals surface area contributed by atoms with E-state index in [0.29, 0.717) is 5.56 Å². The second kappa shape index (κ2) is 4.63. The molecule has 0 unspecified atom stereocenters. The van der Waals surface area contributed by atoms with Crippen LogP contribution in [0.1, 0.15) is 16.1 Å². The van der Waals surface area contributed by atoms with E-state index in [1.807, 2.05) is 0 Å². The number of halogens is 1. The summed E-state index contributed by atoms with van der Waals surface area (Å²) < 4.78 is 12.7. The first-order valence-electron chi connectivity index (χ1n) is 4.38. The number of hydrogen-bond acceptors (Lipinski definition) is 2. The molecule has 4 nitrogen and oxygen atoms in total. The summed E-state index contributed by atoms with van der Waals surface area (Å²) in [7, 11) is 3.50. The topological polar surface area (TPSA) is 45.6 Å². The van der Waals surface area contributed by atoms with E-state index in [1.165, 1.54) is 12.4 Å². The van der Waals surface area contributed by atoms with Crippen LogP contribution < -0.4 is 0 Å². The van der Waals surface area contributed by atoms with Gasteiger partial charge >= 0.3 is 0 Å². The van der Waals surface area contributed by atoms with Crippen LogP contribution in [-0.4, -0.2) is 36.2 Å². The summed E-state index contributed by atoms with van der Waals surface area (Å²) >= 11 is 0. The number of amides is 1. The van der Waals surface area contributed by atoms with Crippen LogP contribution in [0.3, 0.4) is 0 Å². The predicted molar refractivity (Wildman–Crippen MR) is 55.4 cm³/mol. The number of aliphatic imine (C=N–C) groups is 1. The predicted octanol–water partition coefficient (Wildman–Crippen LogP) is 1.26. The molecule has 0 saturated carbocycles. The Kier molecular flexibility index (Phi) is 3.49. The summed E-state index contributed by atoms with van der Waals surface area (Å²) in [4.78, 5) is 20.5. The van der Waals surface area contributed by atoms with Gasteiger partial charge in [-0.3, -0.25) is 4.79 Å². The van der Waals surface area contributed by atoms with Crippen molar-refractivity contribution in [1.29, 1.82) is 0 Å². The van der Waals surface area contributed by atoms with E-state index < -0.39 is 11.7 Å². The average Bonchev–Trinajstić information content (AvgIpc) is 2.14. The molecule has 15 heavy (non-hydrogen) atoms. The lowest BCUT2D eigenvalue weighted by Gasteiger charge is -2.03. The van der Waals surface area contributed by atoms with Crippen LogP contribution in [0.2, 0.25) is 0 Å². The molecule has 0 aliphatic heterocycles. The highest BCUT2D eigenvalue weighted by Crippen LogP contribution is 2.07. The first-order valence-corrected chi connectivity index (χ1v) is 4.38. The molecule has 0 N–H and O–H groups in total. The lowest BCUT2D eigenvalue weighted by atomic mass is 10.2. The lowest BCUT2D eigenvalue weighted by molar-refractivity contribution is 0.0997. The van der Waals surface area contributed by atoms with Crippen LogP contribution in [-0.2, 0) is 0 Å². The van der Waals surface area contributed by atoms with Crippen molar-refractivity contribution in [2.75, 3.05) is 14.1 Å². The van der Waals surface area contributed by atoms with E-state index in [1.54, 1.807) is 25.9 Å². The molecule has 0 bridgehead atoms. The molecule has 1 heterocycles. The molecule has 0 saturated heterocycles. The summed E-state index contributed by atoms with van der Waals surface area (Å²) in [5.41, 5.74) is 0.658. The summed E-state index contributed by atoms with van der Waals surface area (Å²) in [6, 6.07) is 1.26. The van der Waals surface area contributed by atoms with E-state index >= 15 is 0 Å². The van der Waals surface area contributed by atoms with Gasteiger partial charge in [0, 0.05) is 14.1 Å². The fourth-order valence-electron chi connectivity index (χ4n) is 0.993. The molecule has 5 heteroatoms. The van der Waals surface area contributed by atoms with E-state index in [4.69, 9.17) is 0 Å². The highest BCUT2D eigenvalue weighted by atomic mass is 19.1. The first-order chi connectivity index (χ1) is 7.00. The van der Waals surface area contributed by atoms with Gasteiger partial charge in [0.25, 0.3) is 5.91 Å². The zero-order valence-electron chi connectivity index (χ0n) is 8.86. The Morgan fingerprint density at radius 1 is 1.60 bits per heavy atom. The van der Waals surface area contributed by atoms with Gasteiger partial charge < -0.3 is 4.90 Å². The van der Waals surface area contributed by atoms with E-state index in [9.17, 15) is 9.18 Å². The van der Waals surface area contributed by atoms with E-state index in [2.05, 4.69) is 9.98 Å². The molecule has 0 spiro atoms. The number of aromatic nitrogens is 1. The van der Waals surface area contributed by atoms with Crippen molar-refractivity contribution >= 4 is 12.2 Å². The van der Waals surface area contributed by atoms with Crippen LogP contribution in [0.15, 0.2) is 17.3 Å². The van der Waals surface area contributed by atoms with Crippen LogP contribution in [0.4, 0.5) is 4.39 Å². The van der Waals surface area contributed by atoms with Crippen LogP contribution >= 0.6 is 0 Å². The van der Waals surface area contributed by atoms with Gasteiger partial charge in [-0.2, -0.15) is 4.99 Å². The first kappa shape index (κ1) is 11.3. The molecule has 0 aromatic carbocycles. The van der Waals surface area contributed by atoms with Crippen molar-refractivity contribution in [3.63, 3.8) is 0 Å². The molecule has 1 aromatic heterocycles. The second-order valence-electron chi connectivity index (χ2n) is 3.33. The zero-order chi connectivity index (χ0) is 11.4. The molecule has 80 valence electrons. The van der Waals surface area contributed by atoms with Crippen molar-refractivity contribution in [2.45, 2.75) is 6.92 Å². The molecule has 0 radical (unpaired) electrons. The Labute approximate surface area is 87.5 Å². The summed E-state index contributed by atoms with van der Waals surface area (Å²) in [5.74, 6) is -0.929. The number of pyridine rings is 1. The maximum absolute atomic E-state index is 12.7. The average molecular weight is 209 g/mol. The third kappa shape index (κ3) is 3.12. The minimum atomic E-state index is -0.471. The van der Waals surface area contributed by atoms with Gasteiger partial charge in [0.15, 0.2) is 0 Å². The number of carbonyl (C=O) groups excluding carboxylic acids is 1. The minimum Gasteiger partial charge on any atom is -0.369 e. The van der Waals surface area contributed by atoms with Gasteiger partial charge in [0.1, 0.15) is 11.5 Å². The molecule has 1 amide bonds. The summed E-state index contributed by atoms with van der Waals surface area (Å²) in [6.45, 7) is 1.62. The zero-order valence-corrected chi connectivity index (χ0v) is 8.86. The minimum absolute atomic E-state index is 0.175. The van der Waals surface area contributed by atoms with Gasteiger partial charge in [-0.05, 0) is 18.6 Å². The number of carbonyl (C=O) groups is 1.